The fraction of sp³-hybridized carbons (Fsp3) is 0.0769. The highest BCUT2D eigenvalue weighted by Crippen LogP contribution is 2.22. The van der Waals surface area contributed by atoms with E-state index in [2.05, 4.69) is 49.7 Å². The van der Waals surface area contributed by atoms with Crippen molar-refractivity contribution < 1.29 is 22.1 Å². The summed E-state index contributed by atoms with van der Waals surface area (Å²) in [6.45, 7) is 0. The van der Waals surface area contributed by atoms with Crippen LogP contribution < -0.4 is 4.57 Å². The topological polar surface area (TPSA) is 94.2 Å². The molecule has 0 amide bonds. The molecule has 0 unspecified atom stereocenters. The van der Waals surface area contributed by atoms with E-state index in [1.807, 2.05) is 25.4 Å². The largest absolute Gasteiger partial charge is 0.726 e. The number of hydrogen-bond donors (Lipinski definition) is 1. The molecule has 1 N–H and O–H groups in total. The molecular weight excluding hydrogens is 360 g/mol. The average Bonchev–Trinajstić information content (AvgIpc) is 2.36. The monoisotopic (exact) mass is 370 g/mol. The summed E-state index contributed by atoms with van der Waals surface area (Å²) in [7, 11) is -2.87. The number of halogens is 1. The summed E-state index contributed by atoms with van der Waals surface area (Å²) in [6.07, 6.45) is 2.05. The van der Waals surface area contributed by atoms with Gasteiger partial charge < -0.3 is 4.55 Å². The molecule has 2 heterocycles. The van der Waals surface area contributed by atoms with E-state index in [0.29, 0.717) is 0 Å². The van der Waals surface area contributed by atoms with Crippen LogP contribution in [0.1, 0.15) is 0 Å². The van der Waals surface area contributed by atoms with Crippen molar-refractivity contribution in [2.24, 2.45) is 7.05 Å². The van der Waals surface area contributed by atoms with Crippen molar-refractivity contribution in [2.45, 2.75) is 0 Å². The molecule has 0 aliphatic heterocycles. The molecule has 2 aromatic heterocycles. The Balaban J connectivity index is 0.000000282. The lowest BCUT2D eigenvalue weighted by Gasteiger charge is -2.01. The number of rotatable bonds is 0. The number of hydrogen-bond acceptors (Lipinski definition) is 4. The van der Waals surface area contributed by atoms with Crippen molar-refractivity contribution in [3.8, 4) is 0 Å². The Morgan fingerprint density at radius 2 is 1.76 bits per heavy atom. The van der Waals surface area contributed by atoms with E-state index in [1.165, 1.54) is 10.9 Å². The molecule has 0 radical (unpaired) electrons. The van der Waals surface area contributed by atoms with Gasteiger partial charge in [0.05, 0.1) is 0 Å². The minimum Gasteiger partial charge on any atom is -0.726 e. The molecule has 0 atom stereocenters. The second-order valence-corrected chi connectivity index (χ2v) is 5.92. The lowest BCUT2D eigenvalue weighted by atomic mass is 10.1. The van der Waals surface area contributed by atoms with E-state index in [4.69, 9.17) is 17.5 Å². The van der Waals surface area contributed by atoms with Gasteiger partial charge in [0.2, 0.25) is 15.9 Å². The molecule has 3 aromatic rings. The maximum Gasteiger partial charge on any atom is 0.238 e. The van der Waals surface area contributed by atoms with Gasteiger partial charge in [-0.05, 0) is 40.2 Å². The third kappa shape index (κ3) is 4.18. The number of aromatic nitrogens is 2. The molecule has 3 rings (SSSR count). The predicted octanol–water partition coefficient (Wildman–Crippen LogP) is 1.98. The molecule has 0 aliphatic carbocycles. The Morgan fingerprint density at radius 3 is 2.43 bits per heavy atom. The van der Waals surface area contributed by atoms with Crippen LogP contribution in [0.25, 0.3) is 21.8 Å². The molecule has 0 fully saturated rings. The summed E-state index contributed by atoms with van der Waals surface area (Å²) in [5, 5.41) is 2.38. The van der Waals surface area contributed by atoms with Crippen LogP contribution in [0, 0.1) is 0 Å². The van der Waals surface area contributed by atoms with Gasteiger partial charge in [0.15, 0.2) is 6.20 Å². The third-order valence-corrected chi connectivity index (χ3v) is 3.21. The van der Waals surface area contributed by atoms with Crippen LogP contribution in [-0.2, 0) is 17.4 Å². The SMILES string of the molecule is C[n+]1cccc2ccc3ccc(Br)nc3c21.O=S(=O)([O-])O. The van der Waals surface area contributed by atoms with Gasteiger partial charge >= 0.3 is 0 Å². The maximum atomic E-state index is 8.63. The lowest BCUT2D eigenvalue weighted by Crippen LogP contribution is -2.28. The second-order valence-electron chi connectivity index (χ2n) is 4.26. The van der Waals surface area contributed by atoms with Crippen LogP contribution >= 0.6 is 15.9 Å². The van der Waals surface area contributed by atoms with Crippen molar-refractivity contribution in [2.75, 3.05) is 0 Å². The first-order valence-corrected chi connectivity index (χ1v) is 7.93. The normalized spacial score (nSPS) is 11.2. The van der Waals surface area contributed by atoms with Crippen LogP contribution in [-0.4, -0.2) is 22.5 Å². The van der Waals surface area contributed by atoms with Crippen LogP contribution in [0.2, 0.25) is 0 Å². The van der Waals surface area contributed by atoms with Crippen molar-refractivity contribution in [1.82, 2.24) is 4.98 Å². The Kier molecular flexibility index (Phi) is 4.52. The predicted molar refractivity (Wildman–Crippen MR) is 80.5 cm³/mol. The van der Waals surface area contributed by atoms with Crippen molar-refractivity contribution in [3.05, 3.63) is 47.2 Å². The van der Waals surface area contributed by atoms with Gasteiger partial charge in [0.25, 0.3) is 0 Å². The smallest absolute Gasteiger partial charge is 0.238 e. The summed E-state index contributed by atoms with van der Waals surface area (Å²) in [6, 6.07) is 12.4. The molecule has 1 aromatic carbocycles. The summed E-state index contributed by atoms with van der Waals surface area (Å²) in [5.74, 6) is 0. The van der Waals surface area contributed by atoms with Crippen LogP contribution in [0.3, 0.4) is 0 Å². The highest BCUT2D eigenvalue weighted by Gasteiger charge is 2.10. The van der Waals surface area contributed by atoms with E-state index in [0.717, 1.165) is 15.5 Å². The van der Waals surface area contributed by atoms with E-state index in [1.54, 1.807) is 0 Å². The number of pyridine rings is 2. The minimum absolute atomic E-state index is 0.872. The minimum atomic E-state index is -4.92. The Hall–Kier alpha value is -1.61. The van der Waals surface area contributed by atoms with E-state index in [9.17, 15) is 0 Å². The number of nitrogens with zero attached hydrogens (tertiary/aromatic N) is 2. The van der Waals surface area contributed by atoms with Crippen molar-refractivity contribution >= 4 is 48.1 Å². The molecular formula is C13H11BrN2O4S. The zero-order valence-corrected chi connectivity index (χ0v) is 13.3. The Labute approximate surface area is 129 Å². The lowest BCUT2D eigenvalue weighted by molar-refractivity contribution is -0.644. The first-order chi connectivity index (χ1) is 9.75. The fourth-order valence-electron chi connectivity index (χ4n) is 2.02. The summed E-state index contributed by atoms with van der Waals surface area (Å²) in [5.41, 5.74) is 2.20. The number of fused-ring (bicyclic) bond motifs is 3. The second kappa shape index (κ2) is 6.02. The third-order valence-electron chi connectivity index (χ3n) is 2.77. The van der Waals surface area contributed by atoms with Gasteiger partial charge in [0, 0.05) is 16.8 Å². The summed E-state index contributed by atoms with van der Waals surface area (Å²) >= 11 is 3.42. The van der Waals surface area contributed by atoms with Gasteiger partial charge in [0.1, 0.15) is 17.2 Å². The van der Waals surface area contributed by atoms with Gasteiger partial charge in [-0.3, -0.25) is 4.55 Å². The summed E-state index contributed by atoms with van der Waals surface area (Å²) < 4.78 is 35.8. The summed E-state index contributed by atoms with van der Waals surface area (Å²) in [4.78, 5) is 4.56. The van der Waals surface area contributed by atoms with Gasteiger partial charge in [-0.2, -0.15) is 4.57 Å². The molecule has 0 spiro atoms. The number of aryl methyl sites for hydroxylation is 1. The van der Waals surface area contributed by atoms with Crippen molar-refractivity contribution in [1.29, 1.82) is 0 Å². The molecule has 0 saturated heterocycles. The molecule has 21 heavy (non-hydrogen) atoms. The standard InChI is InChI=1S/C13H10BrN2.H2O4S/c1-16-8-2-3-10-5-4-9-6-7-11(14)15-12(9)13(10)16;1-5(2,3)4/h2-8H,1H3;(H2,1,2,3,4)/q+1;/p-1. The Morgan fingerprint density at radius 1 is 1.19 bits per heavy atom. The van der Waals surface area contributed by atoms with E-state index >= 15 is 0 Å². The highest BCUT2D eigenvalue weighted by molar-refractivity contribution is 9.10. The molecule has 0 saturated carbocycles. The number of benzene rings is 1. The molecule has 8 heteroatoms. The first-order valence-electron chi connectivity index (χ1n) is 5.77. The first kappa shape index (κ1) is 15.8. The van der Waals surface area contributed by atoms with E-state index < -0.39 is 10.4 Å². The van der Waals surface area contributed by atoms with Gasteiger partial charge in [-0.15, -0.1) is 0 Å². The molecule has 110 valence electrons. The highest BCUT2D eigenvalue weighted by atomic mass is 79.9. The van der Waals surface area contributed by atoms with Gasteiger partial charge in [-0.1, -0.05) is 6.07 Å². The zero-order valence-electron chi connectivity index (χ0n) is 10.9. The average molecular weight is 371 g/mol. The quantitative estimate of drug-likeness (QED) is 0.214. The van der Waals surface area contributed by atoms with Crippen LogP contribution in [0.4, 0.5) is 0 Å². The van der Waals surface area contributed by atoms with Crippen molar-refractivity contribution in [3.63, 3.8) is 0 Å². The molecule has 6 nitrogen and oxygen atoms in total. The Bertz CT molecular complexity index is 905. The zero-order chi connectivity index (χ0) is 15.6. The van der Waals surface area contributed by atoms with Crippen LogP contribution in [0.15, 0.2) is 47.2 Å². The fourth-order valence-corrected chi connectivity index (χ4v) is 2.33. The maximum absolute atomic E-state index is 8.63. The van der Waals surface area contributed by atoms with Gasteiger partial charge in [-0.25, -0.2) is 13.4 Å². The van der Waals surface area contributed by atoms with Crippen LogP contribution in [0.5, 0.6) is 0 Å². The van der Waals surface area contributed by atoms with E-state index in [-0.39, 0.29) is 0 Å². The molecule has 0 bridgehead atoms. The molecule has 0 aliphatic rings.